The average molecular weight is 682 g/mol. The molecule has 268 valence electrons. The van der Waals surface area contributed by atoms with E-state index < -0.39 is 73.2 Å². The zero-order chi connectivity index (χ0) is 36.1. The number of nitrogens with one attached hydrogen (secondary N) is 3. The van der Waals surface area contributed by atoms with Gasteiger partial charge >= 0.3 is 6.03 Å². The normalized spacial score (nSPS) is 25.1. The van der Waals surface area contributed by atoms with Crippen LogP contribution in [-0.2, 0) is 29.0 Å². The van der Waals surface area contributed by atoms with Gasteiger partial charge in [0.05, 0.1) is 22.1 Å². The van der Waals surface area contributed by atoms with Crippen LogP contribution >= 0.6 is 0 Å². The first-order valence-corrected chi connectivity index (χ1v) is 18.6. The van der Waals surface area contributed by atoms with E-state index in [1.165, 1.54) is 4.90 Å². The molecule has 0 radical (unpaired) electrons. The molecule has 6 atom stereocenters. The smallest absolute Gasteiger partial charge is 0.315 e. The fourth-order valence-corrected chi connectivity index (χ4v) is 8.94. The molecule has 1 saturated heterocycles. The summed E-state index contributed by atoms with van der Waals surface area (Å²) in [4.78, 5) is 68.0. The number of carbonyl (C=O) groups is 5. The summed E-state index contributed by atoms with van der Waals surface area (Å²) in [6, 6.07) is -3.69. The molecule has 13 heteroatoms. The Balaban J connectivity index is 1.86. The molecular formula is C34H59N5O7S. The van der Waals surface area contributed by atoms with Crippen molar-refractivity contribution < 1.29 is 32.4 Å². The Bertz CT molecular complexity index is 1360. The number of hydrogen-bond acceptors (Lipinski definition) is 7. The first-order valence-electron chi connectivity index (χ1n) is 17.0. The second kappa shape index (κ2) is 13.3. The lowest BCUT2D eigenvalue weighted by Gasteiger charge is -2.39. The molecular weight excluding hydrogens is 622 g/mol. The number of fused-ring (bicyclic) bond motifs is 1. The Hall–Kier alpha value is -2.70. The van der Waals surface area contributed by atoms with Crippen molar-refractivity contribution in [2.75, 3.05) is 12.3 Å². The minimum atomic E-state index is -3.60. The summed E-state index contributed by atoms with van der Waals surface area (Å²) < 4.78 is 25.4. The lowest BCUT2D eigenvalue weighted by molar-refractivity contribution is -0.145. The number of nitrogens with zero attached hydrogens (tertiary/aromatic N) is 1. The summed E-state index contributed by atoms with van der Waals surface area (Å²) in [5.74, 6) is -3.02. The van der Waals surface area contributed by atoms with E-state index in [1.807, 2.05) is 48.5 Å². The van der Waals surface area contributed by atoms with E-state index in [-0.39, 0.29) is 34.8 Å². The standard InChI is InChI=1S/C34H59N5O7S/c1-19(2)16-34(11,18-47(45,46)32(6,7)8)38-30(44)37-26(31(3,4)5)29(43)39-17-21-23(33(21,9)10)24(39)28(42)36-22(25(40)27(35)41)15-20-13-12-14-20/h19-24,26H,12-18H2,1-11H3,(H2,35,41)(H,36,42)(H2,37,38,44)/t21?,22?,23?,24-,26-,34-/m0/s1. The zero-order valence-corrected chi connectivity index (χ0v) is 31.1. The van der Waals surface area contributed by atoms with Crippen LogP contribution in [0.2, 0.25) is 0 Å². The maximum atomic E-state index is 14.4. The van der Waals surface area contributed by atoms with Gasteiger partial charge in [0.15, 0.2) is 9.84 Å². The summed E-state index contributed by atoms with van der Waals surface area (Å²) in [7, 11) is -3.60. The lowest BCUT2D eigenvalue weighted by atomic mass is 9.80. The van der Waals surface area contributed by atoms with Crippen LogP contribution in [0.25, 0.3) is 0 Å². The molecule has 3 fully saturated rings. The Morgan fingerprint density at radius 3 is 1.98 bits per heavy atom. The quantitative estimate of drug-likeness (QED) is 0.215. The minimum absolute atomic E-state index is 0.0468. The van der Waals surface area contributed by atoms with E-state index in [2.05, 4.69) is 16.0 Å². The molecule has 0 aromatic carbocycles. The second-order valence-electron chi connectivity index (χ2n) is 17.6. The third-order valence-corrected chi connectivity index (χ3v) is 13.4. The molecule has 47 heavy (non-hydrogen) atoms. The van der Waals surface area contributed by atoms with Crippen molar-refractivity contribution in [1.29, 1.82) is 0 Å². The van der Waals surface area contributed by atoms with Crippen LogP contribution in [0.15, 0.2) is 0 Å². The van der Waals surface area contributed by atoms with Gasteiger partial charge in [-0.05, 0) is 75.0 Å². The Morgan fingerprint density at radius 2 is 1.53 bits per heavy atom. The van der Waals surface area contributed by atoms with E-state index >= 15 is 0 Å². The van der Waals surface area contributed by atoms with Gasteiger partial charge in [-0.1, -0.05) is 67.7 Å². The molecule has 0 aromatic rings. The van der Waals surface area contributed by atoms with Gasteiger partial charge in [-0.15, -0.1) is 0 Å². The van der Waals surface area contributed by atoms with Gasteiger partial charge < -0.3 is 26.6 Å². The summed E-state index contributed by atoms with van der Waals surface area (Å²) in [6.45, 7) is 20.3. The SMILES string of the molecule is CC(C)C[C@@](C)(CS(=O)(=O)C(C)(C)C)NC(=O)N[C@@H](C(=O)N1CC2C([C@H]1C(=O)NC(CC1CCC1)C(=O)C(N)=O)C2(C)C)C(C)(C)C. The van der Waals surface area contributed by atoms with Crippen molar-refractivity contribution in [1.82, 2.24) is 20.9 Å². The third-order valence-electron chi connectivity index (χ3n) is 10.5. The van der Waals surface area contributed by atoms with Crippen LogP contribution in [0.4, 0.5) is 4.79 Å². The largest absolute Gasteiger partial charge is 0.363 e. The number of hydrogen-bond donors (Lipinski definition) is 4. The predicted octanol–water partition coefficient (Wildman–Crippen LogP) is 2.93. The summed E-state index contributed by atoms with van der Waals surface area (Å²) in [6.07, 6.45) is 3.55. The Morgan fingerprint density at radius 1 is 0.957 bits per heavy atom. The third kappa shape index (κ3) is 8.67. The number of sulfone groups is 1. The number of primary amides is 1. The van der Waals surface area contributed by atoms with Crippen LogP contribution < -0.4 is 21.7 Å². The highest BCUT2D eigenvalue weighted by Crippen LogP contribution is 2.65. The van der Waals surface area contributed by atoms with E-state index in [4.69, 9.17) is 5.73 Å². The van der Waals surface area contributed by atoms with E-state index in [0.717, 1.165) is 19.3 Å². The number of urea groups is 1. The average Bonchev–Trinajstić information content (AvgIpc) is 3.17. The van der Waals surface area contributed by atoms with Crippen molar-refractivity contribution in [3.05, 3.63) is 0 Å². The molecule has 3 unspecified atom stereocenters. The molecule has 2 aliphatic carbocycles. The van der Waals surface area contributed by atoms with Crippen LogP contribution in [0.3, 0.4) is 0 Å². The van der Waals surface area contributed by atoms with Crippen molar-refractivity contribution in [2.24, 2.45) is 40.2 Å². The fraction of sp³-hybridized carbons (Fsp3) is 0.853. The Kier molecular flexibility index (Phi) is 11.0. The van der Waals surface area contributed by atoms with E-state index in [0.29, 0.717) is 19.4 Å². The molecule has 5 N–H and O–H groups in total. The number of ketones is 1. The van der Waals surface area contributed by atoms with Gasteiger partial charge in [-0.25, -0.2) is 13.2 Å². The highest BCUT2D eigenvalue weighted by molar-refractivity contribution is 7.92. The monoisotopic (exact) mass is 681 g/mol. The molecule has 5 amide bonds. The highest BCUT2D eigenvalue weighted by atomic mass is 32.2. The number of amides is 5. The van der Waals surface area contributed by atoms with Crippen LogP contribution in [0.5, 0.6) is 0 Å². The van der Waals surface area contributed by atoms with Crippen LogP contribution in [0.1, 0.15) is 108 Å². The molecule has 1 heterocycles. The minimum Gasteiger partial charge on any atom is -0.363 e. The van der Waals surface area contributed by atoms with Gasteiger partial charge in [0.1, 0.15) is 12.1 Å². The fourth-order valence-electron chi connectivity index (χ4n) is 7.47. The molecule has 12 nitrogen and oxygen atoms in total. The highest BCUT2D eigenvalue weighted by Gasteiger charge is 2.70. The number of rotatable bonds is 13. The first kappa shape index (κ1) is 38.7. The lowest BCUT2D eigenvalue weighted by Crippen LogP contribution is -2.63. The molecule has 2 saturated carbocycles. The number of piperidine rings is 1. The molecule has 3 rings (SSSR count). The van der Waals surface area contributed by atoms with Crippen LogP contribution in [0, 0.1) is 34.5 Å². The number of carbonyl (C=O) groups excluding carboxylic acids is 5. The predicted molar refractivity (Wildman–Crippen MR) is 181 cm³/mol. The van der Waals surface area contributed by atoms with Crippen molar-refractivity contribution in [3.63, 3.8) is 0 Å². The molecule has 0 aromatic heterocycles. The second-order valence-corrected chi connectivity index (χ2v) is 20.4. The maximum Gasteiger partial charge on any atom is 0.315 e. The summed E-state index contributed by atoms with van der Waals surface area (Å²) >= 11 is 0. The molecule has 3 aliphatic rings. The number of Topliss-reactive ketones (excluding diaryl/α,β-unsaturated/α-hetero) is 1. The van der Waals surface area contributed by atoms with Gasteiger partial charge in [0.25, 0.3) is 5.91 Å². The van der Waals surface area contributed by atoms with E-state index in [9.17, 15) is 32.4 Å². The maximum absolute atomic E-state index is 14.4. The number of nitrogens with two attached hydrogens (primary N) is 1. The molecule has 1 aliphatic heterocycles. The molecule has 0 spiro atoms. The van der Waals surface area contributed by atoms with Gasteiger partial charge in [0, 0.05) is 6.54 Å². The van der Waals surface area contributed by atoms with Crippen molar-refractivity contribution >= 4 is 39.4 Å². The topological polar surface area (TPSA) is 185 Å². The number of likely N-dealkylation sites (tertiary alicyclic amines) is 1. The van der Waals surface area contributed by atoms with Gasteiger partial charge in [-0.3, -0.25) is 19.2 Å². The van der Waals surface area contributed by atoms with Crippen LogP contribution in [-0.4, -0.2) is 83.6 Å². The first-order chi connectivity index (χ1) is 21.2. The molecule has 0 bridgehead atoms. The zero-order valence-electron chi connectivity index (χ0n) is 30.3. The van der Waals surface area contributed by atoms with Gasteiger partial charge in [-0.2, -0.15) is 0 Å². The van der Waals surface area contributed by atoms with Gasteiger partial charge in [0.2, 0.25) is 17.6 Å². The van der Waals surface area contributed by atoms with Crippen molar-refractivity contribution in [2.45, 2.75) is 137 Å². The van der Waals surface area contributed by atoms with E-state index in [1.54, 1.807) is 27.7 Å². The van der Waals surface area contributed by atoms with Crippen molar-refractivity contribution in [3.8, 4) is 0 Å². The summed E-state index contributed by atoms with van der Waals surface area (Å²) in [5.41, 5.74) is 3.23. The summed E-state index contributed by atoms with van der Waals surface area (Å²) in [5, 5.41) is 8.49. The Labute approximate surface area is 281 Å².